The Morgan fingerprint density at radius 1 is 1.47 bits per heavy atom. The van der Waals surface area contributed by atoms with Crippen LogP contribution in [0.15, 0.2) is 0 Å². The Kier molecular flexibility index (Phi) is 4.14. The van der Waals surface area contributed by atoms with E-state index in [1.165, 1.54) is 0 Å². The molecule has 1 heterocycles. The minimum absolute atomic E-state index is 0.00819. The van der Waals surface area contributed by atoms with E-state index in [-0.39, 0.29) is 11.3 Å². The van der Waals surface area contributed by atoms with E-state index >= 15 is 0 Å². The summed E-state index contributed by atoms with van der Waals surface area (Å²) in [7, 11) is -3.14. The normalized spacial score (nSPS) is 29.7. The van der Waals surface area contributed by atoms with E-state index in [1.54, 1.807) is 18.2 Å². The van der Waals surface area contributed by atoms with Gasteiger partial charge >= 0.3 is 0 Å². The lowest BCUT2D eigenvalue weighted by atomic mass is 9.93. The van der Waals surface area contributed by atoms with Crippen molar-refractivity contribution in [1.29, 1.82) is 0 Å². The Morgan fingerprint density at radius 2 is 2.07 bits per heavy atom. The average Bonchev–Trinajstić information content (AvgIpc) is 2.17. The molecule has 5 heteroatoms. The highest BCUT2D eigenvalue weighted by atomic mass is 32.2. The van der Waals surface area contributed by atoms with Crippen LogP contribution in [-0.4, -0.2) is 37.1 Å². The van der Waals surface area contributed by atoms with Crippen LogP contribution in [0.1, 0.15) is 33.6 Å². The summed E-state index contributed by atoms with van der Waals surface area (Å²) in [5, 5.41) is -0.350. The Bertz CT molecular complexity index is 301. The number of nitrogens with two attached hydrogens (primary N) is 1. The van der Waals surface area contributed by atoms with Crippen molar-refractivity contribution in [2.75, 3.05) is 13.1 Å². The van der Waals surface area contributed by atoms with Gasteiger partial charge in [-0.15, -0.1) is 0 Å². The second-order valence-corrected chi connectivity index (χ2v) is 7.07. The standard InChI is InChI=1S/C10H22N2O2S/c1-8(2)15(13,14)12-6-4-5-9(3)10(12)7-11/h8-10H,4-7,11H2,1-3H3. The number of piperidine rings is 1. The van der Waals surface area contributed by atoms with Crippen LogP contribution >= 0.6 is 0 Å². The molecule has 1 saturated heterocycles. The molecule has 2 atom stereocenters. The SMILES string of the molecule is CC1CCCN(S(=O)(=O)C(C)C)C1CN. The van der Waals surface area contributed by atoms with Gasteiger partial charge in [0.05, 0.1) is 5.25 Å². The first-order valence-corrected chi connectivity index (χ1v) is 7.12. The summed E-state index contributed by atoms with van der Waals surface area (Å²) in [6.45, 7) is 6.59. The molecule has 0 saturated carbocycles. The van der Waals surface area contributed by atoms with E-state index in [0.717, 1.165) is 12.8 Å². The van der Waals surface area contributed by atoms with Gasteiger partial charge in [0, 0.05) is 19.1 Å². The average molecular weight is 234 g/mol. The van der Waals surface area contributed by atoms with Gasteiger partial charge in [0.25, 0.3) is 0 Å². The summed E-state index contributed by atoms with van der Waals surface area (Å²) < 4.78 is 25.8. The van der Waals surface area contributed by atoms with E-state index in [4.69, 9.17) is 5.73 Å². The van der Waals surface area contributed by atoms with Crippen LogP contribution in [0.3, 0.4) is 0 Å². The quantitative estimate of drug-likeness (QED) is 0.785. The van der Waals surface area contributed by atoms with Crippen molar-refractivity contribution >= 4 is 10.0 Å². The van der Waals surface area contributed by atoms with E-state index in [2.05, 4.69) is 6.92 Å². The number of rotatable bonds is 3. The molecule has 0 aromatic carbocycles. The van der Waals surface area contributed by atoms with Crippen molar-refractivity contribution in [3.63, 3.8) is 0 Å². The third-order valence-electron chi connectivity index (χ3n) is 3.23. The second kappa shape index (κ2) is 4.80. The van der Waals surface area contributed by atoms with E-state index < -0.39 is 10.0 Å². The highest BCUT2D eigenvalue weighted by Gasteiger charge is 2.36. The van der Waals surface area contributed by atoms with Crippen LogP contribution < -0.4 is 5.73 Å². The first-order valence-electron chi connectivity index (χ1n) is 5.62. The fraction of sp³-hybridized carbons (Fsp3) is 1.00. The zero-order valence-electron chi connectivity index (χ0n) is 9.81. The Labute approximate surface area is 92.9 Å². The van der Waals surface area contributed by atoms with Crippen molar-refractivity contribution in [3.8, 4) is 0 Å². The molecular weight excluding hydrogens is 212 g/mol. The minimum Gasteiger partial charge on any atom is -0.329 e. The molecule has 0 aromatic rings. The summed E-state index contributed by atoms with van der Waals surface area (Å²) in [4.78, 5) is 0. The molecule has 2 N–H and O–H groups in total. The number of nitrogens with zero attached hydrogens (tertiary/aromatic N) is 1. The summed E-state index contributed by atoms with van der Waals surface area (Å²) >= 11 is 0. The lowest BCUT2D eigenvalue weighted by Crippen LogP contribution is -2.53. The summed E-state index contributed by atoms with van der Waals surface area (Å²) in [5.74, 6) is 0.372. The highest BCUT2D eigenvalue weighted by Crippen LogP contribution is 2.26. The molecule has 0 bridgehead atoms. The van der Waals surface area contributed by atoms with Crippen LogP contribution in [0.4, 0.5) is 0 Å². The first-order chi connectivity index (χ1) is 6.91. The molecular formula is C10H22N2O2S. The summed E-state index contributed by atoms with van der Waals surface area (Å²) in [6.07, 6.45) is 2.02. The van der Waals surface area contributed by atoms with Crippen molar-refractivity contribution in [3.05, 3.63) is 0 Å². The van der Waals surface area contributed by atoms with Gasteiger partial charge in [0.2, 0.25) is 10.0 Å². The van der Waals surface area contributed by atoms with Crippen LogP contribution in [0, 0.1) is 5.92 Å². The zero-order valence-corrected chi connectivity index (χ0v) is 10.6. The van der Waals surface area contributed by atoms with Crippen LogP contribution in [-0.2, 0) is 10.0 Å². The van der Waals surface area contributed by atoms with E-state index in [9.17, 15) is 8.42 Å². The molecule has 2 unspecified atom stereocenters. The molecule has 4 nitrogen and oxygen atoms in total. The largest absolute Gasteiger partial charge is 0.329 e. The molecule has 1 fully saturated rings. The molecule has 0 radical (unpaired) electrons. The number of hydrogen-bond acceptors (Lipinski definition) is 3. The van der Waals surface area contributed by atoms with E-state index in [1.807, 2.05) is 0 Å². The van der Waals surface area contributed by atoms with Gasteiger partial charge in [-0.05, 0) is 32.6 Å². The molecule has 15 heavy (non-hydrogen) atoms. The summed E-state index contributed by atoms with van der Waals surface area (Å²) in [6, 6.07) is -0.00819. The fourth-order valence-corrected chi connectivity index (χ4v) is 3.74. The third kappa shape index (κ3) is 2.52. The molecule has 0 aliphatic carbocycles. The molecule has 1 aliphatic heterocycles. The molecule has 0 amide bonds. The van der Waals surface area contributed by atoms with Gasteiger partial charge in [-0.1, -0.05) is 6.92 Å². The van der Waals surface area contributed by atoms with Crippen LogP contribution in [0.2, 0.25) is 0 Å². The molecule has 0 aromatic heterocycles. The Hall–Kier alpha value is -0.130. The Balaban J connectivity index is 2.92. The molecule has 90 valence electrons. The van der Waals surface area contributed by atoms with Crippen molar-refractivity contribution < 1.29 is 8.42 Å². The smallest absolute Gasteiger partial charge is 0.216 e. The number of hydrogen-bond donors (Lipinski definition) is 1. The van der Waals surface area contributed by atoms with Crippen molar-refractivity contribution in [2.24, 2.45) is 11.7 Å². The minimum atomic E-state index is -3.14. The molecule has 1 rings (SSSR count). The third-order valence-corrected chi connectivity index (χ3v) is 5.53. The van der Waals surface area contributed by atoms with Gasteiger partial charge in [-0.25, -0.2) is 8.42 Å². The van der Waals surface area contributed by atoms with Gasteiger partial charge in [-0.3, -0.25) is 0 Å². The second-order valence-electron chi connectivity index (χ2n) is 4.63. The fourth-order valence-electron chi connectivity index (χ4n) is 2.15. The van der Waals surface area contributed by atoms with Crippen LogP contribution in [0.25, 0.3) is 0 Å². The lowest BCUT2D eigenvalue weighted by molar-refractivity contribution is 0.191. The predicted octanol–water partition coefficient (Wildman–Crippen LogP) is 0.784. The number of sulfonamides is 1. The maximum atomic E-state index is 12.1. The lowest BCUT2D eigenvalue weighted by Gasteiger charge is -2.39. The van der Waals surface area contributed by atoms with Gasteiger partial charge in [0.1, 0.15) is 0 Å². The molecule has 0 spiro atoms. The van der Waals surface area contributed by atoms with Crippen molar-refractivity contribution in [2.45, 2.75) is 44.9 Å². The maximum Gasteiger partial charge on any atom is 0.216 e. The van der Waals surface area contributed by atoms with E-state index in [0.29, 0.717) is 19.0 Å². The van der Waals surface area contributed by atoms with Gasteiger partial charge in [0.15, 0.2) is 0 Å². The predicted molar refractivity (Wildman–Crippen MR) is 62.0 cm³/mol. The molecule has 1 aliphatic rings. The van der Waals surface area contributed by atoms with Gasteiger partial charge in [-0.2, -0.15) is 4.31 Å². The van der Waals surface area contributed by atoms with Crippen LogP contribution in [0.5, 0.6) is 0 Å². The maximum absolute atomic E-state index is 12.1. The first kappa shape index (κ1) is 12.9. The Morgan fingerprint density at radius 3 is 2.53 bits per heavy atom. The van der Waals surface area contributed by atoms with Crippen molar-refractivity contribution in [1.82, 2.24) is 4.31 Å². The topological polar surface area (TPSA) is 63.4 Å². The zero-order chi connectivity index (χ0) is 11.6. The highest BCUT2D eigenvalue weighted by molar-refractivity contribution is 7.89. The monoisotopic (exact) mass is 234 g/mol. The van der Waals surface area contributed by atoms with Gasteiger partial charge < -0.3 is 5.73 Å². The summed E-state index contributed by atoms with van der Waals surface area (Å²) in [5.41, 5.74) is 5.67.